The third-order valence-corrected chi connectivity index (χ3v) is 6.63. The lowest BCUT2D eigenvalue weighted by Gasteiger charge is -2.27. The van der Waals surface area contributed by atoms with Crippen LogP contribution in [0.4, 0.5) is 0 Å². The zero-order chi connectivity index (χ0) is 17.2. The monoisotopic (exact) mass is 413 g/mol. The van der Waals surface area contributed by atoms with Crippen LogP contribution in [0.2, 0.25) is 0 Å². The first kappa shape index (κ1) is 22.5. The third kappa shape index (κ3) is 5.17. The van der Waals surface area contributed by atoms with E-state index < -0.39 is 0 Å². The van der Waals surface area contributed by atoms with Crippen molar-refractivity contribution in [2.24, 2.45) is 23.5 Å². The van der Waals surface area contributed by atoms with Crippen molar-refractivity contribution in [2.75, 3.05) is 13.1 Å². The van der Waals surface area contributed by atoms with Gasteiger partial charge in [0.2, 0.25) is 5.91 Å². The molecule has 3 N–H and O–H groups in total. The van der Waals surface area contributed by atoms with Gasteiger partial charge in [0.15, 0.2) is 0 Å². The number of benzene rings is 1. The van der Waals surface area contributed by atoms with Crippen LogP contribution in [0.15, 0.2) is 24.3 Å². The molecule has 0 radical (unpaired) electrons. The predicted octanol–water partition coefficient (Wildman–Crippen LogP) is 3.51. The van der Waals surface area contributed by atoms with Gasteiger partial charge >= 0.3 is 0 Å². The standard InChI is InChI=1S/C21H31N3O.2ClH/c22-20-18-9-8-17(12-18)19(20)21(25)23-13-15-4-6-16(7-5-15)14-24-10-2-1-3-11-24;;/h4-7,17-20H,1-3,8-14,22H2,(H,23,25);2*1H. The summed E-state index contributed by atoms with van der Waals surface area (Å²) in [5, 5.41) is 3.13. The minimum Gasteiger partial charge on any atom is -0.352 e. The van der Waals surface area contributed by atoms with Crippen molar-refractivity contribution in [3.8, 4) is 0 Å². The summed E-state index contributed by atoms with van der Waals surface area (Å²) < 4.78 is 0. The van der Waals surface area contributed by atoms with Crippen LogP contribution in [0.5, 0.6) is 0 Å². The second-order valence-electron chi connectivity index (χ2n) is 8.31. The van der Waals surface area contributed by atoms with Crippen LogP contribution in [0, 0.1) is 17.8 Å². The summed E-state index contributed by atoms with van der Waals surface area (Å²) in [4.78, 5) is 15.1. The number of fused-ring (bicyclic) bond motifs is 2. The van der Waals surface area contributed by atoms with Gasteiger partial charge in [0.05, 0.1) is 5.92 Å². The van der Waals surface area contributed by atoms with E-state index in [-0.39, 0.29) is 42.7 Å². The molecule has 3 aliphatic rings. The Kier molecular flexibility index (Phi) is 8.41. The van der Waals surface area contributed by atoms with Gasteiger partial charge in [0, 0.05) is 19.1 Å². The Bertz CT molecular complexity index is 602. The number of nitrogens with zero attached hydrogens (tertiary/aromatic N) is 1. The molecule has 152 valence electrons. The quantitative estimate of drug-likeness (QED) is 0.776. The van der Waals surface area contributed by atoms with Crippen molar-refractivity contribution in [3.05, 3.63) is 35.4 Å². The fourth-order valence-corrected chi connectivity index (χ4v) is 5.17. The Hall–Kier alpha value is -0.810. The number of rotatable bonds is 5. The summed E-state index contributed by atoms with van der Waals surface area (Å²) in [7, 11) is 0. The van der Waals surface area contributed by atoms with Crippen LogP contribution in [-0.2, 0) is 17.9 Å². The van der Waals surface area contributed by atoms with Crippen LogP contribution in [0.3, 0.4) is 0 Å². The highest BCUT2D eigenvalue weighted by Gasteiger charge is 2.48. The van der Waals surface area contributed by atoms with E-state index >= 15 is 0 Å². The summed E-state index contributed by atoms with van der Waals surface area (Å²) in [5.74, 6) is 1.30. The highest BCUT2D eigenvalue weighted by Crippen LogP contribution is 2.47. The molecule has 1 aliphatic heterocycles. The molecule has 2 aliphatic carbocycles. The number of halogens is 2. The predicted molar refractivity (Wildman–Crippen MR) is 114 cm³/mol. The van der Waals surface area contributed by atoms with Crippen LogP contribution in [-0.4, -0.2) is 29.9 Å². The first-order chi connectivity index (χ1) is 12.2. The van der Waals surface area contributed by atoms with Gasteiger partial charge < -0.3 is 11.1 Å². The summed E-state index contributed by atoms with van der Waals surface area (Å²) in [6.07, 6.45) is 7.59. The molecule has 2 bridgehead atoms. The number of hydrogen-bond donors (Lipinski definition) is 2. The van der Waals surface area contributed by atoms with Crippen molar-refractivity contribution < 1.29 is 4.79 Å². The SMILES string of the molecule is Cl.Cl.NC1C2CCC(C2)C1C(=O)NCc1ccc(CN2CCCCC2)cc1. The smallest absolute Gasteiger partial charge is 0.225 e. The van der Waals surface area contributed by atoms with Crippen molar-refractivity contribution in [3.63, 3.8) is 0 Å². The van der Waals surface area contributed by atoms with E-state index in [0.29, 0.717) is 18.4 Å². The Morgan fingerprint density at radius 3 is 2.26 bits per heavy atom. The van der Waals surface area contributed by atoms with Crippen LogP contribution < -0.4 is 11.1 Å². The second-order valence-corrected chi connectivity index (χ2v) is 8.31. The molecule has 4 rings (SSSR count). The van der Waals surface area contributed by atoms with E-state index in [0.717, 1.165) is 13.0 Å². The van der Waals surface area contributed by atoms with E-state index in [9.17, 15) is 4.79 Å². The molecular weight excluding hydrogens is 381 g/mol. The lowest BCUT2D eigenvalue weighted by atomic mass is 9.84. The number of carbonyl (C=O) groups excluding carboxylic acids is 1. The Morgan fingerprint density at radius 2 is 1.63 bits per heavy atom. The molecule has 1 aromatic carbocycles. The number of hydrogen-bond acceptors (Lipinski definition) is 3. The summed E-state index contributed by atoms with van der Waals surface area (Å²) >= 11 is 0. The van der Waals surface area contributed by atoms with Gasteiger partial charge in [0.25, 0.3) is 0 Å². The molecule has 27 heavy (non-hydrogen) atoms. The lowest BCUT2D eigenvalue weighted by Crippen LogP contribution is -2.45. The van der Waals surface area contributed by atoms with Gasteiger partial charge in [-0.3, -0.25) is 9.69 Å². The highest BCUT2D eigenvalue weighted by molar-refractivity contribution is 5.85. The normalized spacial score (nSPS) is 29.7. The van der Waals surface area contributed by atoms with Gasteiger partial charge in [-0.1, -0.05) is 30.7 Å². The van der Waals surface area contributed by atoms with E-state index in [1.54, 1.807) is 0 Å². The molecule has 0 spiro atoms. The fraction of sp³-hybridized carbons (Fsp3) is 0.667. The molecule has 1 amide bonds. The van der Waals surface area contributed by atoms with E-state index in [1.807, 2.05) is 0 Å². The minimum atomic E-state index is 0. The average molecular weight is 414 g/mol. The minimum absolute atomic E-state index is 0. The molecule has 4 unspecified atom stereocenters. The number of carbonyl (C=O) groups is 1. The number of piperidine rings is 1. The Balaban J connectivity index is 0.00000131. The van der Waals surface area contributed by atoms with Gasteiger partial charge in [-0.15, -0.1) is 24.8 Å². The third-order valence-electron chi connectivity index (χ3n) is 6.63. The van der Waals surface area contributed by atoms with E-state index in [2.05, 4.69) is 34.5 Å². The fourth-order valence-electron chi connectivity index (χ4n) is 5.17. The molecule has 0 aromatic heterocycles. The number of amides is 1. The summed E-state index contributed by atoms with van der Waals surface area (Å²) in [5.41, 5.74) is 8.82. The Morgan fingerprint density at radius 1 is 1.00 bits per heavy atom. The Labute approximate surface area is 175 Å². The number of nitrogens with two attached hydrogens (primary N) is 1. The zero-order valence-corrected chi connectivity index (χ0v) is 17.6. The maximum absolute atomic E-state index is 12.6. The van der Waals surface area contributed by atoms with E-state index in [1.165, 1.54) is 56.3 Å². The molecule has 3 fully saturated rings. The number of likely N-dealkylation sites (tertiary alicyclic amines) is 1. The van der Waals surface area contributed by atoms with Crippen molar-refractivity contribution in [1.82, 2.24) is 10.2 Å². The van der Waals surface area contributed by atoms with Crippen LogP contribution in [0.1, 0.15) is 49.7 Å². The highest BCUT2D eigenvalue weighted by atomic mass is 35.5. The molecule has 6 heteroatoms. The largest absolute Gasteiger partial charge is 0.352 e. The van der Waals surface area contributed by atoms with Gasteiger partial charge in [-0.2, -0.15) is 0 Å². The maximum atomic E-state index is 12.6. The average Bonchev–Trinajstić information content (AvgIpc) is 3.23. The van der Waals surface area contributed by atoms with E-state index in [4.69, 9.17) is 5.73 Å². The van der Waals surface area contributed by atoms with Gasteiger partial charge in [-0.05, 0) is 68.2 Å². The summed E-state index contributed by atoms with van der Waals surface area (Å²) in [6.45, 7) is 4.11. The molecule has 2 saturated carbocycles. The molecule has 4 nitrogen and oxygen atoms in total. The molecular formula is C21H33Cl2N3O. The van der Waals surface area contributed by atoms with Crippen molar-refractivity contribution >= 4 is 30.7 Å². The maximum Gasteiger partial charge on any atom is 0.225 e. The number of nitrogens with one attached hydrogen (secondary N) is 1. The first-order valence-corrected chi connectivity index (χ1v) is 10.0. The van der Waals surface area contributed by atoms with Crippen LogP contribution in [0.25, 0.3) is 0 Å². The van der Waals surface area contributed by atoms with Gasteiger partial charge in [-0.25, -0.2) is 0 Å². The molecule has 4 atom stereocenters. The zero-order valence-electron chi connectivity index (χ0n) is 15.9. The summed E-state index contributed by atoms with van der Waals surface area (Å²) in [6, 6.07) is 8.80. The van der Waals surface area contributed by atoms with Crippen molar-refractivity contribution in [2.45, 2.75) is 57.7 Å². The molecule has 1 heterocycles. The van der Waals surface area contributed by atoms with Crippen molar-refractivity contribution in [1.29, 1.82) is 0 Å². The first-order valence-electron chi connectivity index (χ1n) is 10.0. The topological polar surface area (TPSA) is 58.4 Å². The molecule has 1 saturated heterocycles. The second kappa shape index (κ2) is 10.1. The van der Waals surface area contributed by atoms with Gasteiger partial charge in [0.1, 0.15) is 0 Å². The molecule has 1 aromatic rings. The lowest BCUT2D eigenvalue weighted by molar-refractivity contribution is -0.127. The van der Waals surface area contributed by atoms with Crippen LogP contribution >= 0.6 is 24.8 Å².